The Morgan fingerprint density at radius 2 is 2.26 bits per heavy atom. The summed E-state index contributed by atoms with van der Waals surface area (Å²) in [7, 11) is 1.30. The SMILES string of the molecule is COC(=O)c1cc(F)ccc1-n1cc(C[C@@H]2CCNC2)c2c(C)cncc21. The molecule has 140 valence electrons. The van der Waals surface area contributed by atoms with Gasteiger partial charge in [0.05, 0.1) is 30.1 Å². The number of esters is 1. The third-order valence-corrected chi connectivity index (χ3v) is 5.28. The van der Waals surface area contributed by atoms with Crippen molar-refractivity contribution in [1.82, 2.24) is 14.9 Å². The summed E-state index contributed by atoms with van der Waals surface area (Å²) in [6.07, 6.45) is 7.81. The van der Waals surface area contributed by atoms with Crippen LogP contribution in [0.2, 0.25) is 0 Å². The largest absolute Gasteiger partial charge is 0.465 e. The van der Waals surface area contributed by atoms with Gasteiger partial charge in [0, 0.05) is 17.8 Å². The topological polar surface area (TPSA) is 56.1 Å². The number of methoxy groups -OCH3 is 1. The van der Waals surface area contributed by atoms with Gasteiger partial charge < -0.3 is 14.6 Å². The molecule has 5 nitrogen and oxygen atoms in total. The second-order valence-electron chi connectivity index (χ2n) is 7.09. The number of aromatic nitrogens is 2. The number of aryl methyl sites for hydroxylation is 1. The van der Waals surface area contributed by atoms with Gasteiger partial charge in [-0.3, -0.25) is 4.98 Å². The number of halogens is 1. The third-order valence-electron chi connectivity index (χ3n) is 5.28. The first-order valence-corrected chi connectivity index (χ1v) is 9.12. The number of nitrogens with one attached hydrogen (secondary N) is 1. The first kappa shape index (κ1) is 17.7. The Hall–Kier alpha value is -2.73. The molecule has 0 spiro atoms. The van der Waals surface area contributed by atoms with Crippen molar-refractivity contribution in [3.63, 3.8) is 0 Å². The lowest BCUT2D eigenvalue weighted by molar-refractivity contribution is 0.0600. The number of carbonyl (C=O) groups is 1. The van der Waals surface area contributed by atoms with Crippen LogP contribution in [0.25, 0.3) is 16.6 Å². The molecule has 3 aromatic rings. The van der Waals surface area contributed by atoms with Gasteiger partial charge in [0.1, 0.15) is 5.82 Å². The van der Waals surface area contributed by atoms with Crippen molar-refractivity contribution in [2.45, 2.75) is 19.8 Å². The van der Waals surface area contributed by atoms with Crippen LogP contribution in [0.15, 0.2) is 36.8 Å². The molecule has 1 N–H and O–H groups in total. The van der Waals surface area contributed by atoms with Gasteiger partial charge in [0.2, 0.25) is 0 Å². The van der Waals surface area contributed by atoms with Crippen LogP contribution in [0.5, 0.6) is 0 Å². The second kappa shape index (κ2) is 7.12. The molecule has 1 aliphatic heterocycles. The van der Waals surface area contributed by atoms with Crippen LogP contribution < -0.4 is 5.32 Å². The Kier molecular flexibility index (Phi) is 4.66. The highest BCUT2D eigenvalue weighted by molar-refractivity contribution is 5.95. The summed E-state index contributed by atoms with van der Waals surface area (Å²) in [4.78, 5) is 16.6. The summed E-state index contributed by atoms with van der Waals surface area (Å²) in [5, 5.41) is 4.56. The normalized spacial score (nSPS) is 16.8. The minimum atomic E-state index is -0.562. The van der Waals surface area contributed by atoms with E-state index in [9.17, 15) is 9.18 Å². The maximum absolute atomic E-state index is 13.8. The smallest absolute Gasteiger partial charge is 0.340 e. The van der Waals surface area contributed by atoms with E-state index in [1.165, 1.54) is 24.8 Å². The molecule has 27 heavy (non-hydrogen) atoms. The van der Waals surface area contributed by atoms with E-state index in [0.29, 0.717) is 11.6 Å². The molecule has 6 heteroatoms. The highest BCUT2D eigenvalue weighted by atomic mass is 19.1. The van der Waals surface area contributed by atoms with Crippen LogP contribution in [0.4, 0.5) is 4.39 Å². The van der Waals surface area contributed by atoms with Gasteiger partial charge >= 0.3 is 5.97 Å². The van der Waals surface area contributed by atoms with E-state index in [0.717, 1.165) is 42.4 Å². The summed E-state index contributed by atoms with van der Waals surface area (Å²) in [5.41, 5.74) is 4.02. The number of rotatable bonds is 4. The van der Waals surface area contributed by atoms with Gasteiger partial charge in [0.15, 0.2) is 0 Å². The van der Waals surface area contributed by atoms with Crippen LogP contribution in [0.1, 0.15) is 27.9 Å². The summed E-state index contributed by atoms with van der Waals surface area (Å²) in [6, 6.07) is 4.19. The molecule has 0 bridgehead atoms. The lowest BCUT2D eigenvalue weighted by Gasteiger charge is -2.11. The van der Waals surface area contributed by atoms with Crippen LogP contribution in [0.3, 0.4) is 0 Å². The van der Waals surface area contributed by atoms with Crippen molar-refractivity contribution >= 4 is 16.9 Å². The van der Waals surface area contributed by atoms with Gasteiger partial charge in [0.25, 0.3) is 0 Å². The Labute approximate surface area is 157 Å². The molecule has 0 unspecified atom stereocenters. The molecular formula is C21H22FN3O2. The number of hydrogen-bond donors (Lipinski definition) is 1. The highest BCUT2D eigenvalue weighted by Gasteiger charge is 2.22. The molecule has 0 saturated carbocycles. The fraction of sp³-hybridized carbons (Fsp3) is 0.333. The summed E-state index contributed by atoms with van der Waals surface area (Å²) in [5.74, 6) is -0.444. The molecule has 0 radical (unpaired) electrons. The van der Waals surface area contributed by atoms with Gasteiger partial charge in [-0.25, -0.2) is 9.18 Å². The zero-order valence-corrected chi connectivity index (χ0v) is 15.5. The van der Waals surface area contributed by atoms with Gasteiger partial charge in [-0.2, -0.15) is 0 Å². The number of carbonyl (C=O) groups excluding carboxylic acids is 1. The van der Waals surface area contributed by atoms with E-state index in [2.05, 4.69) is 16.5 Å². The highest BCUT2D eigenvalue weighted by Crippen LogP contribution is 2.31. The van der Waals surface area contributed by atoms with E-state index in [4.69, 9.17) is 4.74 Å². The minimum absolute atomic E-state index is 0.199. The molecule has 1 saturated heterocycles. The summed E-state index contributed by atoms with van der Waals surface area (Å²) in [6.45, 7) is 4.11. The van der Waals surface area contributed by atoms with E-state index in [-0.39, 0.29) is 5.56 Å². The number of ether oxygens (including phenoxy) is 1. The molecule has 1 aromatic carbocycles. The predicted molar refractivity (Wildman–Crippen MR) is 102 cm³/mol. The van der Waals surface area contributed by atoms with Gasteiger partial charge in [-0.15, -0.1) is 0 Å². The lowest BCUT2D eigenvalue weighted by atomic mass is 9.97. The minimum Gasteiger partial charge on any atom is -0.465 e. The zero-order valence-electron chi connectivity index (χ0n) is 15.5. The average molecular weight is 367 g/mol. The molecule has 1 atom stereocenters. The van der Waals surface area contributed by atoms with Crippen molar-refractivity contribution in [2.75, 3.05) is 20.2 Å². The Bertz CT molecular complexity index is 1010. The Morgan fingerprint density at radius 1 is 1.41 bits per heavy atom. The van der Waals surface area contributed by atoms with E-state index in [1.54, 1.807) is 12.3 Å². The average Bonchev–Trinajstić information content (AvgIpc) is 3.30. The fourth-order valence-electron chi connectivity index (χ4n) is 3.99. The Balaban J connectivity index is 1.90. The quantitative estimate of drug-likeness (QED) is 0.718. The van der Waals surface area contributed by atoms with Crippen molar-refractivity contribution < 1.29 is 13.9 Å². The predicted octanol–water partition coefficient (Wildman–Crippen LogP) is 3.41. The van der Waals surface area contributed by atoms with Crippen LogP contribution in [0, 0.1) is 18.7 Å². The summed E-state index contributed by atoms with van der Waals surface area (Å²) < 4.78 is 20.6. The maximum atomic E-state index is 13.8. The monoisotopic (exact) mass is 367 g/mol. The summed E-state index contributed by atoms with van der Waals surface area (Å²) >= 11 is 0. The van der Waals surface area contributed by atoms with Gasteiger partial charge in [-0.05, 0) is 68.1 Å². The number of fused-ring (bicyclic) bond motifs is 1. The molecule has 4 rings (SSSR count). The molecule has 1 fully saturated rings. The van der Waals surface area contributed by atoms with Crippen LogP contribution >= 0.6 is 0 Å². The van der Waals surface area contributed by atoms with E-state index in [1.807, 2.05) is 17.7 Å². The van der Waals surface area contributed by atoms with Crippen molar-refractivity contribution in [2.24, 2.45) is 5.92 Å². The standard InChI is InChI=1S/C21H22FN3O2/c1-13-9-24-11-19-20(13)15(7-14-5-6-23-10-14)12-25(19)18-4-3-16(22)8-17(18)21(26)27-2/h3-4,8-9,11-12,14,23H,5-7,10H2,1-2H3/t14-/m0/s1. The molecule has 0 aliphatic carbocycles. The van der Waals surface area contributed by atoms with Gasteiger partial charge in [-0.1, -0.05) is 0 Å². The maximum Gasteiger partial charge on any atom is 0.340 e. The zero-order chi connectivity index (χ0) is 19.0. The first-order valence-electron chi connectivity index (χ1n) is 9.12. The molecular weight excluding hydrogens is 345 g/mol. The van der Waals surface area contributed by atoms with Crippen molar-refractivity contribution in [3.05, 3.63) is 59.3 Å². The number of pyridine rings is 1. The second-order valence-corrected chi connectivity index (χ2v) is 7.09. The fourth-order valence-corrected chi connectivity index (χ4v) is 3.99. The number of hydrogen-bond acceptors (Lipinski definition) is 4. The third kappa shape index (κ3) is 3.21. The van der Waals surface area contributed by atoms with E-state index >= 15 is 0 Å². The molecule has 2 aromatic heterocycles. The number of benzene rings is 1. The number of nitrogens with zero attached hydrogens (tertiary/aromatic N) is 2. The van der Waals surface area contributed by atoms with Crippen molar-refractivity contribution in [3.8, 4) is 5.69 Å². The molecule has 0 amide bonds. The van der Waals surface area contributed by atoms with Crippen LogP contribution in [-0.2, 0) is 11.2 Å². The molecule has 3 heterocycles. The van der Waals surface area contributed by atoms with E-state index < -0.39 is 11.8 Å². The first-order chi connectivity index (χ1) is 13.1. The Morgan fingerprint density at radius 3 is 3.00 bits per heavy atom. The van der Waals surface area contributed by atoms with Crippen LogP contribution in [-0.4, -0.2) is 35.7 Å². The lowest BCUT2D eigenvalue weighted by Crippen LogP contribution is -2.10. The molecule has 1 aliphatic rings. The van der Waals surface area contributed by atoms with Crippen molar-refractivity contribution in [1.29, 1.82) is 0 Å².